The first-order chi connectivity index (χ1) is 9.01. The lowest BCUT2D eigenvalue weighted by Crippen LogP contribution is -2.41. The molecule has 0 saturated heterocycles. The molecule has 106 valence electrons. The largest absolute Gasteiger partial charge is 0.494 e. The Bertz CT molecular complexity index is 433. The first-order valence-electron chi connectivity index (χ1n) is 6.23. The van der Waals surface area contributed by atoms with Gasteiger partial charge in [-0.25, -0.2) is 0 Å². The fraction of sp³-hybridized carbons (Fsp3) is 0.500. The van der Waals surface area contributed by atoms with Crippen LogP contribution in [0.15, 0.2) is 18.2 Å². The number of nitrogen functional groups attached to an aromatic ring is 1. The molecule has 1 amide bonds. The summed E-state index contributed by atoms with van der Waals surface area (Å²) in [7, 11) is 3.11. The number of methoxy groups -OCH3 is 2. The summed E-state index contributed by atoms with van der Waals surface area (Å²) in [4.78, 5) is 12.3. The maximum atomic E-state index is 12.3. The van der Waals surface area contributed by atoms with Gasteiger partial charge in [0.25, 0.3) is 5.91 Å². The molecule has 5 nitrogen and oxygen atoms in total. The summed E-state index contributed by atoms with van der Waals surface area (Å²) >= 11 is 0. The van der Waals surface area contributed by atoms with E-state index in [9.17, 15) is 4.79 Å². The number of ether oxygens (including phenoxy) is 2. The Morgan fingerprint density at radius 2 is 2.05 bits per heavy atom. The Morgan fingerprint density at radius 3 is 2.58 bits per heavy atom. The Balaban J connectivity index is 2.91. The van der Waals surface area contributed by atoms with Gasteiger partial charge in [-0.3, -0.25) is 4.79 Å². The van der Waals surface area contributed by atoms with Crippen molar-refractivity contribution in [2.75, 3.05) is 26.6 Å². The molecule has 0 fully saturated rings. The van der Waals surface area contributed by atoms with E-state index in [1.165, 1.54) is 7.11 Å². The molecule has 1 aromatic carbocycles. The number of para-hydroxylation sites is 1. The van der Waals surface area contributed by atoms with Crippen molar-refractivity contribution in [2.45, 2.75) is 19.9 Å². The van der Waals surface area contributed by atoms with Crippen LogP contribution in [-0.2, 0) is 4.74 Å². The summed E-state index contributed by atoms with van der Waals surface area (Å²) in [5.41, 5.74) is 6.67. The summed E-state index contributed by atoms with van der Waals surface area (Å²) in [6.07, 6.45) is 0. The van der Waals surface area contributed by atoms with Gasteiger partial charge in [-0.2, -0.15) is 0 Å². The van der Waals surface area contributed by atoms with E-state index in [1.807, 2.05) is 13.8 Å². The lowest BCUT2D eigenvalue weighted by atomic mass is 10.0. The summed E-state index contributed by atoms with van der Waals surface area (Å²) in [6, 6.07) is 5.07. The fourth-order valence-electron chi connectivity index (χ4n) is 1.79. The highest BCUT2D eigenvalue weighted by Crippen LogP contribution is 2.25. The molecule has 3 N–H and O–H groups in total. The van der Waals surface area contributed by atoms with Crippen molar-refractivity contribution in [3.8, 4) is 5.75 Å². The van der Waals surface area contributed by atoms with Gasteiger partial charge in [0.2, 0.25) is 0 Å². The van der Waals surface area contributed by atoms with Gasteiger partial charge in [0.15, 0.2) is 5.75 Å². The van der Waals surface area contributed by atoms with E-state index in [0.29, 0.717) is 23.6 Å². The van der Waals surface area contributed by atoms with Crippen molar-refractivity contribution in [1.82, 2.24) is 5.32 Å². The van der Waals surface area contributed by atoms with Crippen molar-refractivity contribution in [3.63, 3.8) is 0 Å². The molecule has 0 aliphatic rings. The standard InChI is InChI=1S/C14H22N2O3/c1-9(2)12(8-18-3)16-14(17)10-6-5-7-11(15)13(10)19-4/h5-7,9,12H,8,15H2,1-4H3,(H,16,17). The third-order valence-electron chi connectivity index (χ3n) is 2.96. The number of benzene rings is 1. The monoisotopic (exact) mass is 266 g/mol. The van der Waals surface area contributed by atoms with Crippen LogP contribution >= 0.6 is 0 Å². The van der Waals surface area contributed by atoms with Gasteiger partial charge in [-0.15, -0.1) is 0 Å². The van der Waals surface area contributed by atoms with Crippen molar-refractivity contribution in [2.24, 2.45) is 5.92 Å². The first-order valence-corrected chi connectivity index (χ1v) is 6.23. The molecular formula is C14H22N2O3. The predicted octanol–water partition coefficient (Wildman–Crippen LogP) is 1.68. The molecule has 1 rings (SSSR count). The zero-order valence-corrected chi connectivity index (χ0v) is 11.9. The van der Waals surface area contributed by atoms with Crippen LogP contribution < -0.4 is 15.8 Å². The van der Waals surface area contributed by atoms with Crippen molar-refractivity contribution in [1.29, 1.82) is 0 Å². The van der Waals surface area contributed by atoms with Gasteiger partial charge in [-0.1, -0.05) is 19.9 Å². The maximum Gasteiger partial charge on any atom is 0.255 e. The third-order valence-corrected chi connectivity index (χ3v) is 2.96. The summed E-state index contributed by atoms with van der Waals surface area (Å²) in [5, 5.41) is 2.94. The van der Waals surface area contributed by atoms with Crippen molar-refractivity contribution < 1.29 is 14.3 Å². The van der Waals surface area contributed by atoms with Gasteiger partial charge in [0, 0.05) is 7.11 Å². The predicted molar refractivity (Wildman–Crippen MR) is 75.4 cm³/mol. The van der Waals surface area contributed by atoms with E-state index in [2.05, 4.69) is 5.32 Å². The Labute approximate surface area is 114 Å². The molecule has 0 bridgehead atoms. The van der Waals surface area contributed by atoms with Crippen molar-refractivity contribution >= 4 is 11.6 Å². The molecule has 0 saturated carbocycles. The maximum absolute atomic E-state index is 12.3. The number of nitrogens with one attached hydrogen (secondary N) is 1. The smallest absolute Gasteiger partial charge is 0.255 e. The second-order valence-electron chi connectivity index (χ2n) is 4.71. The van der Waals surface area contributed by atoms with Gasteiger partial charge < -0.3 is 20.5 Å². The number of rotatable bonds is 6. The molecule has 0 heterocycles. The number of hydrogen-bond acceptors (Lipinski definition) is 4. The molecule has 1 unspecified atom stereocenters. The number of carbonyl (C=O) groups is 1. The zero-order chi connectivity index (χ0) is 14.4. The molecule has 0 spiro atoms. The van der Waals surface area contributed by atoms with Gasteiger partial charge in [0.1, 0.15) is 0 Å². The minimum absolute atomic E-state index is 0.0522. The Kier molecular flexibility index (Phi) is 5.63. The van der Waals surface area contributed by atoms with Crippen LogP contribution in [0.3, 0.4) is 0 Å². The number of amides is 1. The van der Waals surface area contributed by atoms with Gasteiger partial charge >= 0.3 is 0 Å². The van der Waals surface area contributed by atoms with E-state index in [1.54, 1.807) is 25.3 Å². The molecular weight excluding hydrogens is 244 g/mol. The number of carbonyl (C=O) groups excluding carboxylic acids is 1. The summed E-state index contributed by atoms with van der Waals surface area (Å²) in [6.45, 7) is 4.52. The van der Waals surface area contributed by atoms with Gasteiger partial charge in [-0.05, 0) is 18.1 Å². The molecule has 0 radical (unpaired) electrons. The van der Waals surface area contributed by atoms with Crippen LogP contribution in [0, 0.1) is 5.92 Å². The highest BCUT2D eigenvalue weighted by molar-refractivity contribution is 5.98. The highest BCUT2D eigenvalue weighted by Gasteiger charge is 2.20. The van der Waals surface area contributed by atoms with Crippen LogP contribution in [0.1, 0.15) is 24.2 Å². The van der Waals surface area contributed by atoms with Crippen LogP contribution in [0.4, 0.5) is 5.69 Å². The van der Waals surface area contributed by atoms with Crippen molar-refractivity contribution in [3.05, 3.63) is 23.8 Å². The minimum Gasteiger partial charge on any atom is -0.494 e. The zero-order valence-electron chi connectivity index (χ0n) is 11.9. The molecule has 0 aliphatic carbocycles. The number of hydrogen-bond donors (Lipinski definition) is 2. The molecule has 0 aromatic heterocycles. The first kappa shape index (κ1) is 15.3. The summed E-state index contributed by atoms with van der Waals surface area (Å²) < 4.78 is 10.3. The molecule has 1 aromatic rings. The normalized spacial score (nSPS) is 12.3. The Morgan fingerprint density at radius 1 is 1.37 bits per heavy atom. The molecule has 19 heavy (non-hydrogen) atoms. The second kappa shape index (κ2) is 6.99. The molecule has 5 heteroatoms. The average molecular weight is 266 g/mol. The Hall–Kier alpha value is -1.75. The highest BCUT2D eigenvalue weighted by atomic mass is 16.5. The van der Waals surface area contributed by atoms with E-state index >= 15 is 0 Å². The fourth-order valence-corrected chi connectivity index (χ4v) is 1.79. The van der Waals surface area contributed by atoms with Crippen LogP contribution in [0.5, 0.6) is 5.75 Å². The van der Waals surface area contributed by atoms with E-state index in [0.717, 1.165) is 0 Å². The molecule has 0 aliphatic heterocycles. The second-order valence-corrected chi connectivity index (χ2v) is 4.71. The third kappa shape index (κ3) is 3.86. The minimum atomic E-state index is -0.208. The number of nitrogens with two attached hydrogens (primary N) is 1. The van der Waals surface area contributed by atoms with Crippen LogP contribution in [0.25, 0.3) is 0 Å². The SMILES string of the molecule is COCC(NC(=O)c1cccc(N)c1OC)C(C)C. The van der Waals surface area contributed by atoms with Gasteiger partial charge in [0.05, 0.1) is 31.0 Å². The lowest BCUT2D eigenvalue weighted by molar-refractivity contribution is 0.0864. The van der Waals surface area contributed by atoms with E-state index < -0.39 is 0 Å². The topological polar surface area (TPSA) is 73.6 Å². The summed E-state index contributed by atoms with van der Waals surface area (Å²) in [5.74, 6) is 0.468. The molecule has 1 atom stereocenters. The number of anilines is 1. The average Bonchev–Trinajstić information content (AvgIpc) is 2.37. The quantitative estimate of drug-likeness (QED) is 0.768. The lowest BCUT2D eigenvalue weighted by Gasteiger charge is -2.22. The van der Waals surface area contributed by atoms with E-state index in [-0.39, 0.29) is 17.9 Å². The van der Waals surface area contributed by atoms with Crippen LogP contribution in [0.2, 0.25) is 0 Å². The van der Waals surface area contributed by atoms with E-state index in [4.69, 9.17) is 15.2 Å². The van der Waals surface area contributed by atoms with Crippen LogP contribution in [-0.4, -0.2) is 32.8 Å².